The van der Waals surface area contributed by atoms with Gasteiger partial charge in [-0.3, -0.25) is 9.36 Å². The van der Waals surface area contributed by atoms with Crippen molar-refractivity contribution in [3.63, 3.8) is 0 Å². The van der Waals surface area contributed by atoms with Gasteiger partial charge in [0, 0.05) is 30.2 Å². The zero-order valence-electron chi connectivity index (χ0n) is 16.5. The molecule has 0 radical (unpaired) electrons. The lowest BCUT2D eigenvalue weighted by Crippen LogP contribution is -2.31. The number of rotatable bonds is 2. The van der Waals surface area contributed by atoms with Crippen molar-refractivity contribution >= 4 is 21.8 Å². The maximum Gasteiger partial charge on any atom is 0.151 e. The molecule has 0 atom stereocenters. The highest BCUT2D eigenvalue weighted by atomic mass is 19.1. The van der Waals surface area contributed by atoms with E-state index in [1.807, 2.05) is 41.8 Å². The lowest BCUT2D eigenvalue weighted by atomic mass is 10.00. The van der Waals surface area contributed by atoms with Crippen molar-refractivity contribution in [1.82, 2.24) is 24.5 Å². The molecule has 0 bridgehead atoms. The molecule has 28 heavy (non-hydrogen) atoms. The largest absolute Gasteiger partial charge is 0.306 e. The van der Waals surface area contributed by atoms with Crippen molar-refractivity contribution in [2.45, 2.75) is 25.8 Å². The highest BCUT2D eigenvalue weighted by Gasteiger charge is 2.20. The van der Waals surface area contributed by atoms with Crippen LogP contribution in [-0.2, 0) is 7.05 Å². The molecule has 1 aliphatic heterocycles. The number of halogens is 1. The fourth-order valence-electron chi connectivity index (χ4n) is 4.32. The third kappa shape index (κ3) is 2.88. The van der Waals surface area contributed by atoms with E-state index in [4.69, 9.17) is 0 Å². The summed E-state index contributed by atoms with van der Waals surface area (Å²) in [5, 5.41) is 11.0. The molecule has 0 aliphatic carbocycles. The molecule has 0 N–H and O–H groups in total. The second kappa shape index (κ2) is 6.41. The summed E-state index contributed by atoms with van der Waals surface area (Å²) in [4.78, 5) is 2.33. The molecule has 2 aromatic carbocycles. The molecular formula is C22H24FN5. The molecule has 0 amide bonds. The van der Waals surface area contributed by atoms with Gasteiger partial charge in [0.25, 0.3) is 0 Å². The number of aryl methyl sites for hydroxylation is 2. The maximum absolute atomic E-state index is 14.9. The quantitative estimate of drug-likeness (QED) is 0.523. The topological polar surface area (TPSA) is 38.9 Å². The molecule has 1 aliphatic rings. The number of fused-ring (bicyclic) bond motifs is 2. The first-order chi connectivity index (χ1) is 13.5. The molecule has 0 unspecified atom stereocenters. The van der Waals surface area contributed by atoms with E-state index in [1.54, 1.807) is 6.07 Å². The summed E-state index contributed by atoms with van der Waals surface area (Å²) in [6, 6.07) is 8.16. The lowest BCUT2D eigenvalue weighted by Gasteiger charge is -2.28. The van der Waals surface area contributed by atoms with Crippen LogP contribution >= 0.6 is 0 Å². The highest BCUT2D eigenvalue weighted by Crippen LogP contribution is 2.31. The van der Waals surface area contributed by atoms with E-state index in [-0.39, 0.29) is 5.82 Å². The second-order valence-electron chi connectivity index (χ2n) is 8.07. The Balaban J connectivity index is 1.57. The van der Waals surface area contributed by atoms with Gasteiger partial charge >= 0.3 is 0 Å². The third-order valence-electron chi connectivity index (χ3n) is 5.89. The maximum atomic E-state index is 14.9. The first-order valence-corrected chi connectivity index (χ1v) is 9.79. The average Bonchev–Trinajstić information content (AvgIpc) is 3.26. The van der Waals surface area contributed by atoms with Crippen molar-refractivity contribution in [2.24, 2.45) is 7.05 Å². The Bertz CT molecular complexity index is 1180. The summed E-state index contributed by atoms with van der Waals surface area (Å²) in [5.41, 5.74) is 4.42. The molecule has 1 saturated heterocycles. The summed E-state index contributed by atoms with van der Waals surface area (Å²) in [6.45, 7) is 4.16. The number of benzene rings is 2. The van der Waals surface area contributed by atoms with Gasteiger partial charge in [-0.15, -0.1) is 0 Å². The highest BCUT2D eigenvalue weighted by molar-refractivity contribution is 5.90. The van der Waals surface area contributed by atoms with Gasteiger partial charge in [-0.05, 0) is 80.9 Å². The minimum atomic E-state index is -0.261. The van der Waals surface area contributed by atoms with Crippen LogP contribution in [0, 0.1) is 12.7 Å². The van der Waals surface area contributed by atoms with Crippen LogP contribution in [0.3, 0.4) is 0 Å². The second-order valence-corrected chi connectivity index (χ2v) is 8.07. The molecular weight excluding hydrogens is 353 g/mol. The van der Waals surface area contributed by atoms with Crippen LogP contribution < -0.4 is 0 Å². The zero-order valence-corrected chi connectivity index (χ0v) is 16.5. The first kappa shape index (κ1) is 17.4. The van der Waals surface area contributed by atoms with Crippen molar-refractivity contribution in [3.05, 3.63) is 48.0 Å². The van der Waals surface area contributed by atoms with Crippen molar-refractivity contribution in [3.8, 4) is 11.1 Å². The van der Waals surface area contributed by atoms with Gasteiger partial charge < -0.3 is 4.90 Å². The van der Waals surface area contributed by atoms with E-state index in [1.165, 1.54) is 0 Å². The Morgan fingerprint density at radius 1 is 0.893 bits per heavy atom. The van der Waals surface area contributed by atoms with Crippen molar-refractivity contribution in [2.75, 3.05) is 20.1 Å². The number of aromatic nitrogens is 4. The number of hydrogen-bond donors (Lipinski definition) is 0. The first-order valence-electron chi connectivity index (χ1n) is 9.79. The van der Waals surface area contributed by atoms with E-state index < -0.39 is 0 Å². The molecule has 0 spiro atoms. The standard InChI is InChI=1S/C22H24FN5/c1-14-8-15(9-17-12-27(3)24-21(14)17)16-10-18-13-28(25-22(18)20(23)11-16)19-4-6-26(2)7-5-19/h8-13,19H,4-7H2,1-3H3. The molecule has 1 fully saturated rings. The predicted octanol–water partition coefficient (Wildman–Crippen LogP) is 4.30. The molecule has 5 rings (SSSR count). The Morgan fingerprint density at radius 3 is 2.32 bits per heavy atom. The minimum Gasteiger partial charge on any atom is -0.306 e. The Kier molecular flexibility index (Phi) is 3.98. The predicted molar refractivity (Wildman–Crippen MR) is 110 cm³/mol. The SMILES string of the molecule is Cc1cc(-c2cc(F)c3nn(C4CCN(C)CC4)cc3c2)cc2cn(C)nc12. The fraction of sp³-hybridized carbons (Fsp3) is 0.364. The van der Waals surface area contributed by atoms with Gasteiger partial charge in [-0.1, -0.05) is 0 Å². The normalized spacial score (nSPS) is 16.4. The number of hydrogen-bond acceptors (Lipinski definition) is 3. The van der Waals surface area contributed by atoms with Crippen molar-refractivity contribution in [1.29, 1.82) is 0 Å². The average molecular weight is 377 g/mol. The van der Waals surface area contributed by atoms with Gasteiger partial charge in [0.05, 0.1) is 11.6 Å². The van der Waals surface area contributed by atoms with Crippen LogP contribution in [0.25, 0.3) is 32.9 Å². The molecule has 0 saturated carbocycles. The van der Waals surface area contributed by atoms with Crippen LogP contribution in [-0.4, -0.2) is 44.6 Å². The lowest BCUT2D eigenvalue weighted by molar-refractivity contribution is 0.213. The number of piperidine rings is 1. The van der Waals surface area contributed by atoms with E-state index >= 15 is 0 Å². The van der Waals surface area contributed by atoms with Gasteiger partial charge in [0.1, 0.15) is 5.52 Å². The fourth-order valence-corrected chi connectivity index (χ4v) is 4.32. The van der Waals surface area contributed by atoms with E-state index in [0.717, 1.165) is 58.9 Å². The third-order valence-corrected chi connectivity index (χ3v) is 5.89. The number of likely N-dealkylation sites (tertiary alicyclic amines) is 1. The summed E-state index contributed by atoms with van der Waals surface area (Å²) < 4.78 is 18.7. The van der Waals surface area contributed by atoms with Crippen LogP contribution in [0.15, 0.2) is 36.7 Å². The van der Waals surface area contributed by atoms with E-state index in [9.17, 15) is 4.39 Å². The summed E-state index contributed by atoms with van der Waals surface area (Å²) in [5.74, 6) is -0.261. The van der Waals surface area contributed by atoms with Crippen LogP contribution in [0.2, 0.25) is 0 Å². The summed E-state index contributed by atoms with van der Waals surface area (Å²) in [6.07, 6.45) is 6.11. The minimum absolute atomic E-state index is 0.261. The van der Waals surface area contributed by atoms with Crippen LogP contribution in [0.4, 0.5) is 4.39 Å². The van der Waals surface area contributed by atoms with Crippen LogP contribution in [0.5, 0.6) is 0 Å². The molecule has 5 nitrogen and oxygen atoms in total. The Labute approximate surface area is 163 Å². The Hall–Kier alpha value is -2.73. The molecule has 6 heteroatoms. The van der Waals surface area contributed by atoms with Gasteiger partial charge in [-0.25, -0.2) is 4.39 Å². The molecule has 144 valence electrons. The molecule has 4 aromatic rings. The van der Waals surface area contributed by atoms with E-state index in [2.05, 4.69) is 34.3 Å². The summed E-state index contributed by atoms with van der Waals surface area (Å²) >= 11 is 0. The monoisotopic (exact) mass is 377 g/mol. The molecule has 2 aromatic heterocycles. The van der Waals surface area contributed by atoms with E-state index in [0.29, 0.717) is 11.6 Å². The smallest absolute Gasteiger partial charge is 0.151 e. The van der Waals surface area contributed by atoms with Gasteiger partial charge in [-0.2, -0.15) is 10.2 Å². The Morgan fingerprint density at radius 2 is 1.57 bits per heavy atom. The van der Waals surface area contributed by atoms with Gasteiger partial charge in [0.2, 0.25) is 0 Å². The van der Waals surface area contributed by atoms with Crippen molar-refractivity contribution < 1.29 is 4.39 Å². The summed E-state index contributed by atoms with van der Waals surface area (Å²) in [7, 11) is 4.06. The zero-order chi connectivity index (χ0) is 19.4. The van der Waals surface area contributed by atoms with Gasteiger partial charge in [0.15, 0.2) is 5.82 Å². The van der Waals surface area contributed by atoms with Crippen LogP contribution in [0.1, 0.15) is 24.4 Å². The molecule has 3 heterocycles. The number of nitrogens with zero attached hydrogens (tertiary/aromatic N) is 5.